The van der Waals surface area contributed by atoms with Gasteiger partial charge in [-0.2, -0.15) is 0 Å². The zero-order valence-corrected chi connectivity index (χ0v) is 10.3. The van der Waals surface area contributed by atoms with Crippen LogP contribution >= 0.6 is 0 Å². The van der Waals surface area contributed by atoms with Gasteiger partial charge >= 0.3 is 0 Å². The maximum absolute atomic E-state index is 5.77. The van der Waals surface area contributed by atoms with Crippen molar-refractivity contribution in [3.63, 3.8) is 0 Å². The average Bonchev–Trinajstić information content (AvgIpc) is 2.33. The largest absolute Gasteiger partial charge is 0.493 e. The van der Waals surface area contributed by atoms with Crippen molar-refractivity contribution in [2.45, 2.75) is 20.3 Å². The van der Waals surface area contributed by atoms with Crippen molar-refractivity contribution in [3.05, 3.63) is 59.4 Å². The van der Waals surface area contributed by atoms with Crippen LogP contribution in [0.25, 0.3) is 0 Å². The Kier molecular flexibility index (Phi) is 3.76. The number of aromatic nitrogens is 1. The smallest absolute Gasteiger partial charge is 0.122 e. The monoisotopic (exact) mass is 227 g/mol. The van der Waals surface area contributed by atoms with Crippen LogP contribution < -0.4 is 4.74 Å². The lowest BCUT2D eigenvalue weighted by molar-refractivity contribution is 0.319. The Labute approximate surface area is 102 Å². The van der Waals surface area contributed by atoms with E-state index in [-0.39, 0.29) is 0 Å². The summed E-state index contributed by atoms with van der Waals surface area (Å²) < 4.78 is 5.77. The fraction of sp³-hybridized carbons (Fsp3) is 0.267. The normalized spacial score (nSPS) is 10.2. The Morgan fingerprint density at radius 2 is 2.06 bits per heavy atom. The van der Waals surface area contributed by atoms with Crippen molar-refractivity contribution in [2.75, 3.05) is 6.61 Å². The van der Waals surface area contributed by atoms with Gasteiger partial charge in [0.05, 0.1) is 6.61 Å². The van der Waals surface area contributed by atoms with Crippen LogP contribution in [0, 0.1) is 13.8 Å². The molecule has 1 heterocycles. The first kappa shape index (κ1) is 11.6. The molecule has 0 aliphatic heterocycles. The van der Waals surface area contributed by atoms with E-state index in [1.165, 1.54) is 16.7 Å². The second-order valence-corrected chi connectivity index (χ2v) is 4.23. The SMILES string of the molecule is Cc1ccc(OCCc2cccnc2)c(C)c1. The molecule has 1 aromatic carbocycles. The van der Waals surface area contributed by atoms with Gasteiger partial charge in [-0.25, -0.2) is 0 Å². The van der Waals surface area contributed by atoms with Gasteiger partial charge < -0.3 is 4.74 Å². The summed E-state index contributed by atoms with van der Waals surface area (Å²) in [6.45, 7) is 4.86. The molecule has 0 aliphatic carbocycles. The van der Waals surface area contributed by atoms with Gasteiger partial charge in [0.15, 0.2) is 0 Å². The van der Waals surface area contributed by atoms with E-state index in [9.17, 15) is 0 Å². The molecule has 88 valence electrons. The minimum Gasteiger partial charge on any atom is -0.493 e. The Morgan fingerprint density at radius 1 is 1.18 bits per heavy atom. The van der Waals surface area contributed by atoms with Crippen molar-refractivity contribution in [2.24, 2.45) is 0 Å². The molecule has 0 saturated heterocycles. The van der Waals surface area contributed by atoms with E-state index in [0.29, 0.717) is 6.61 Å². The molecule has 0 radical (unpaired) electrons. The summed E-state index contributed by atoms with van der Waals surface area (Å²) in [6, 6.07) is 10.3. The number of ether oxygens (including phenoxy) is 1. The summed E-state index contributed by atoms with van der Waals surface area (Å²) in [5, 5.41) is 0. The van der Waals surface area contributed by atoms with E-state index in [0.717, 1.165) is 12.2 Å². The highest BCUT2D eigenvalue weighted by atomic mass is 16.5. The first-order chi connectivity index (χ1) is 8.25. The lowest BCUT2D eigenvalue weighted by Gasteiger charge is -2.09. The number of pyridine rings is 1. The standard InChI is InChI=1S/C15H17NO/c1-12-5-6-15(13(2)10-12)17-9-7-14-4-3-8-16-11-14/h3-6,8,10-11H,7,9H2,1-2H3. The van der Waals surface area contributed by atoms with E-state index in [1.54, 1.807) is 6.20 Å². The summed E-state index contributed by atoms with van der Waals surface area (Å²) >= 11 is 0. The van der Waals surface area contributed by atoms with Gasteiger partial charge in [-0.1, -0.05) is 23.8 Å². The molecular formula is C15H17NO. The minimum absolute atomic E-state index is 0.690. The molecular weight excluding hydrogens is 210 g/mol. The molecule has 2 nitrogen and oxygen atoms in total. The van der Waals surface area contributed by atoms with Crippen molar-refractivity contribution < 1.29 is 4.74 Å². The van der Waals surface area contributed by atoms with Gasteiger partial charge in [-0.05, 0) is 37.1 Å². The van der Waals surface area contributed by atoms with Gasteiger partial charge in [0.1, 0.15) is 5.75 Å². The number of nitrogens with zero attached hydrogens (tertiary/aromatic N) is 1. The maximum atomic E-state index is 5.77. The molecule has 0 aliphatic rings. The summed E-state index contributed by atoms with van der Waals surface area (Å²) in [5.41, 5.74) is 3.66. The van der Waals surface area contributed by atoms with Crippen LogP contribution in [0.1, 0.15) is 16.7 Å². The average molecular weight is 227 g/mol. The van der Waals surface area contributed by atoms with Crippen LogP contribution in [0.4, 0.5) is 0 Å². The molecule has 2 aromatic rings. The van der Waals surface area contributed by atoms with E-state index < -0.39 is 0 Å². The fourth-order valence-electron chi connectivity index (χ4n) is 1.79. The van der Waals surface area contributed by atoms with Gasteiger partial charge in [-0.3, -0.25) is 4.98 Å². The lowest BCUT2D eigenvalue weighted by Crippen LogP contribution is -2.02. The summed E-state index contributed by atoms with van der Waals surface area (Å²) in [6.07, 6.45) is 4.56. The number of aryl methyl sites for hydroxylation is 2. The highest BCUT2D eigenvalue weighted by molar-refractivity contribution is 5.35. The molecule has 0 spiro atoms. The van der Waals surface area contributed by atoms with E-state index in [4.69, 9.17) is 4.74 Å². The van der Waals surface area contributed by atoms with E-state index >= 15 is 0 Å². The molecule has 0 amide bonds. The highest BCUT2D eigenvalue weighted by Gasteiger charge is 1.99. The van der Waals surface area contributed by atoms with Gasteiger partial charge in [0, 0.05) is 18.8 Å². The molecule has 0 N–H and O–H groups in total. The topological polar surface area (TPSA) is 22.1 Å². The van der Waals surface area contributed by atoms with Gasteiger partial charge in [-0.15, -0.1) is 0 Å². The Morgan fingerprint density at radius 3 is 2.76 bits per heavy atom. The molecule has 2 heteroatoms. The van der Waals surface area contributed by atoms with Crippen molar-refractivity contribution >= 4 is 0 Å². The molecule has 1 aromatic heterocycles. The zero-order valence-electron chi connectivity index (χ0n) is 10.3. The van der Waals surface area contributed by atoms with Gasteiger partial charge in [0.2, 0.25) is 0 Å². The van der Waals surface area contributed by atoms with E-state index in [1.807, 2.05) is 18.3 Å². The molecule has 17 heavy (non-hydrogen) atoms. The second kappa shape index (κ2) is 5.48. The third-order valence-electron chi connectivity index (χ3n) is 2.70. The Bertz CT molecular complexity index is 480. The van der Waals surface area contributed by atoms with Crippen molar-refractivity contribution in [1.29, 1.82) is 0 Å². The minimum atomic E-state index is 0.690. The predicted octanol–water partition coefficient (Wildman–Crippen LogP) is 3.32. The summed E-state index contributed by atoms with van der Waals surface area (Å²) in [4.78, 5) is 4.08. The van der Waals surface area contributed by atoms with Crippen molar-refractivity contribution in [1.82, 2.24) is 4.98 Å². The first-order valence-corrected chi connectivity index (χ1v) is 5.84. The first-order valence-electron chi connectivity index (χ1n) is 5.84. The third kappa shape index (κ3) is 3.31. The quantitative estimate of drug-likeness (QED) is 0.799. The highest BCUT2D eigenvalue weighted by Crippen LogP contribution is 2.18. The van der Waals surface area contributed by atoms with Crippen LogP contribution in [0.5, 0.6) is 5.75 Å². The molecule has 0 atom stereocenters. The number of rotatable bonds is 4. The van der Waals surface area contributed by atoms with Crippen LogP contribution in [0.15, 0.2) is 42.7 Å². The molecule has 0 saturated carbocycles. The third-order valence-corrected chi connectivity index (χ3v) is 2.70. The lowest BCUT2D eigenvalue weighted by atomic mass is 10.1. The van der Waals surface area contributed by atoms with Crippen LogP contribution in [0.3, 0.4) is 0 Å². The molecule has 0 fully saturated rings. The maximum Gasteiger partial charge on any atom is 0.122 e. The van der Waals surface area contributed by atoms with Crippen LogP contribution in [-0.4, -0.2) is 11.6 Å². The second-order valence-electron chi connectivity index (χ2n) is 4.23. The summed E-state index contributed by atoms with van der Waals surface area (Å²) in [7, 11) is 0. The van der Waals surface area contributed by atoms with E-state index in [2.05, 4.69) is 37.0 Å². The predicted molar refractivity (Wildman–Crippen MR) is 69.4 cm³/mol. The molecule has 0 bridgehead atoms. The number of benzene rings is 1. The number of hydrogen-bond donors (Lipinski definition) is 0. The fourth-order valence-corrected chi connectivity index (χ4v) is 1.79. The molecule has 0 unspecified atom stereocenters. The Hall–Kier alpha value is -1.83. The summed E-state index contributed by atoms with van der Waals surface area (Å²) in [5.74, 6) is 0.972. The molecule has 2 rings (SSSR count). The number of hydrogen-bond acceptors (Lipinski definition) is 2. The zero-order chi connectivity index (χ0) is 12.1. The van der Waals surface area contributed by atoms with Crippen molar-refractivity contribution in [3.8, 4) is 5.75 Å². The van der Waals surface area contributed by atoms with Gasteiger partial charge in [0.25, 0.3) is 0 Å². The van der Waals surface area contributed by atoms with Crippen LogP contribution in [-0.2, 0) is 6.42 Å². The Balaban J connectivity index is 1.90. The van der Waals surface area contributed by atoms with Crippen LogP contribution in [0.2, 0.25) is 0 Å².